The summed E-state index contributed by atoms with van der Waals surface area (Å²) in [6.07, 6.45) is 6.28. The molecule has 2 fully saturated rings. The number of benzene rings is 1. The SMILES string of the molecule is Cl.Cl.c1cc([C@H](CC2CC2)N2CCNCC2)c2cc[nH]c2c1. The molecule has 1 aromatic heterocycles. The summed E-state index contributed by atoms with van der Waals surface area (Å²) in [4.78, 5) is 6.05. The van der Waals surface area contributed by atoms with E-state index in [1.807, 2.05) is 0 Å². The van der Waals surface area contributed by atoms with Crippen LogP contribution in [0.5, 0.6) is 0 Å². The van der Waals surface area contributed by atoms with Crippen molar-refractivity contribution >= 4 is 35.7 Å². The van der Waals surface area contributed by atoms with Crippen LogP contribution in [0.2, 0.25) is 0 Å². The van der Waals surface area contributed by atoms with Crippen molar-refractivity contribution in [2.75, 3.05) is 26.2 Å². The van der Waals surface area contributed by atoms with E-state index >= 15 is 0 Å². The van der Waals surface area contributed by atoms with Crippen LogP contribution in [-0.2, 0) is 0 Å². The maximum Gasteiger partial charge on any atom is 0.0457 e. The van der Waals surface area contributed by atoms with Crippen molar-refractivity contribution < 1.29 is 0 Å². The number of H-pyrrole nitrogens is 1. The van der Waals surface area contributed by atoms with E-state index in [1.165, 1.54) is 48.8 Å². The second-order valence-corrected chi connectivity index (χ2v) is 6.27. The van der Waals surface area contributed by atoms with E-state index in [2.05, 4.69) is 45.7 Å². The van der Waals surface area contributed by atoms with Crippen LogP contribution in [0.25, 0.3) is 10.9 Å². The molecule has 1 aromatic carbocycles. The number of hydrogen-bond acceptors (Lipinski definition) is 2. The molecule has 2 heterocycles. The third-order valence-corrected chi connectivity index (χ3v) is 4.83. The Morgan fingerprint density at radius 3 is 2.59 bits per heavy atom. The summed E-state index contributed by atoms with van der Waals surface area (Å²) in [6.45, 7) is 4.62. The summed E-state index contributed by atoms with van der Waals surface area (Å²) in [6, 6.07) is 9.57. The minimum Gasteiger partial charge on any atom is -0.361 e. The Balaban J connectivity index is 0.000000882. The lowest BCUT2D eigenvalue weighted by atomic mass is 9.96. The lowest BCUT2D eigenvalue weighted by molar-refractivity contribution is 0.161. The molecule has 1 saturated carbocycles. The fraction of sp³-hybridized carbons (Fsp3) is 0.529. The van der Waals surface area contributed by atoms with E-state index in [9.17, 15) is 0 Å². The second-order valence-electron chi connectivity index (χ2n) is 6.27. The van der Waals surface area contributed by atoms with Gasteiger partial charge in [0.2, 0.25) is 0 Å². The minimum absolute atomic E-state index is 0. The van der Waals surface area contributed by atoms with Crippen molar-refractivity contribution in [1.29, 1.82) is 0 Å². The maximum absolute atomic E-state index is 3.47. The molecule has 2 N–H and O–H groups in total. The van der Waals surface area contributed by atoms with Gasteiger partial charge < -0.3 is 10.3 Å². The molecular formula is C17H25Cl2N3. The topological polar surface area (TPSA) is 31.1 Å². The Morgan fingerprint density at radius 1 is 1.09 bits per heavy atom. The highest BCUT2D eigenvalue weighted by Gasteiger charge is 2.31. The van der Waals surface area contributed by atoms with Gasteiger partial charge in [-0.25, -0.2) is 0 Å². The lowest BCUT2D eigenvalue weighted by Crippen LogP contribution is -2.45. The van der Waals surface area contributed by atoms with E-state index in [1.54, 1.807) is 0 Å². The Labute approximate surface area is 144 Å². The van der Waals surface area contributed by atoms with Gasteiger partial charge in [0.15, 0.2) is 0 Å². The molecule has 0 amide bonds. The monoisotopic (exact) mass is 341 g/mol. The van der Waals surface area contributed by atoms with Crippen LogP contribution in [0.1, 0.15) is 30.9 Å². The number of nitrogens with zero attached hydrogens (tertiary/aromatic N) is 1. The molecule has 0 unspecified atom stereocenters. The van der Waals surface area contributed by atoms with Gasteiger partial charge in [0.25, 0.3) is 0 Å². The van der Waals surface area contributed by atoms with Gasteiger partial charge in [-0.2, -0.15) is 0 Å². The number of hydrogen-bond donors (Lipinski definition) is 2. The third kappa shape index (κ3) is 3.60. The fourth-order valence-corrected chi connectivity index (χ4v) is 3.54. The van der Waals surface area contributed by atoms with E-state index in [-0.39, 0.29) is 24.8 Å². The number of rotatable bonds is 4. The molecule has 0 bridgehead atoms. The fourth-order valence-electron chi connectivity index (χ4n) is 3.54. The van der Waals surface area contributed by atoms with Gasteiger partial charge in [0, 0.05) is 49.3 Å². The summed E-state index contributed by atoms with van der Waals surface area (Å²) in [5.74, 6) is 0.962. The predicted molar refractivity (Wildman–Crippen MR) is 97.3 cm³/mol. The molecule has 1 aliphatic carbocycles. The summed E-state index contributed by atoms with van der Waals surface area (Å²) in [5.41, 5.74) is 2.80. The first-order chi connectivity index (χ1) is 9.92. The van der Waals surface area contributed by atoms with E-state index < -0.39 is 0 Å². The minimum atomic E-state index is 0. The highest BCUT2D eigenvalue weighted by atomic mass is 35.5. The van der Waals surface area contributed by atoms with E-state index in [0.29, 0.717) is 6.04 Å². The van der Waals surface area contributed by atoms with Crippen LogP contribution >= 0.6 is 24.8 Å². The first-order valence-electron chi connectivity index (χ1n) is 7.92. The van der Waals surface area contributed by atoms with Crippen LogP contribution in [0, 0.1) is 5.92 Å². The number of aromatic nitrogens is 1. The normalized spacial score (nSPS) is 20.2. The van der Waals surface area contributed by atoms with Crippen molar-refractivity contribution in [2.45, 2.75) is 25.3 Å². The average Bonchev–Trinajstić information content (AvgIpc) is 3.19. The Hall–Kier alpha value is -0.740. The molecule has 0 radical (unpaired) electrons. The summed E-state index contributed by atoms with van der Waals surface area (Å²) >= 11 is 0. The van der Waals surface area contributed by atoms with Gasteiger partial charge in [0.1, 0.15) is 0 Å². The zero-order chi connectivity index (χ0) is 13.4. The van der Waals surface area contributed by atoms with Crippen LogP contribution < -0.4 is 5.32 Å². The first kappa shape index (κ1) is 17.6. The number of nitrogens with one attached hydrogen (secondary N) is 2. The Kier molecular flexibility index (Phi) is 6.16. The highest BCUT2D eigenvalue weighted by Crippen LogP contribution is 2.41. The molecule has 22 heavy (non-hydrogen) atoms. The zero-order valence-corrected chi connectivity index (χ0v) is 14.4. The van der Waals surface area contributed by atoms with Crippen LogP contribution in [0.15, 0.2) is 30.5 Å². The average molecular weight is 342 g/mol. The molecule has 2 aliphatic rings. The molecule has 3 nitrogen and oxygen atoms in total. The van der Waals surface area contributed by atoms with Crippen molar-refractivity contribution in [3.63, 3.8) is 0 Å². The largest absolute Gasteiger partial charge is 0.361 e. The highest BCUT2D eigenvalue weighted by molar-refractivity contribution is 5.85. The molecular weight excluding hydrogens is 317 g/mol. The standard InChI is InChI=1S/C17H23N3.2ClH/c1-2-15(14-6-7-19-16(14)3-1)17(12-13-4-5-13)20-10-8-18-9-11-20;;/h1-3,6-7,13,17-19H,4-5,8-12H2;2*1H/t17-;;/m0../s1. The van der Waals surface area contributed by atoms with Gasteiger partial charge in [-0.1, -0.05) is 25.0 Å². The third-order valence-electron chi connectivity index (χ3n) is 4.83. The number of aromatic amines is 1. The molecule has 1 atom stereocenters. The van der Waals surface area contributed by atoms with Gasteiger partial charge in [-0.15, -0.1) is 24.8 Å². The van der Waals surface area contributed by atoms with E-state index in [4.69, 9.17) is 0 Å². The Morgan fingerprint density at radius 2 is 1.86 bits per heavy atom. The maximum atomic E-state index is 3.47. The van der Waals surface area contributed by atoms with Gasteiger partial charge >= 0.3 is 0 Å². The zero-order valence-electron chi connectivity index (χ0n) is 12.8. The van der Waals surface area contributed by atoms with Gasteiger partial charge in [-0.05, 0) is 30.0 Å². The van der Waals surface area contributed by atoms with Gasteiger partial charge in [0.05, 0.1) is 0 Å². The molecule has 4 rings (SSSR count). The number of halogens is 2. The lowest BCUT2D eigenvalue weighted by Gasteiger charge is -2.35. The van der Waals surface area contributed by atoms with Crippen molar-refractivity contribution in [1.82, 2.24) is 15.2 Å². The second kappa shape index (κ2) is 7.69. The number of piperazine rings is 1. The van der Waals surface area contributed by atoms with Crippen molar-refractivity contribution in [3.8, 4) is 0 Å². The summed E-state index contributed by atoms with van der Waals surface area (Å²) in [5, 5.41) is 4.89. The summed E-state index contributed by atoms with van der Waals surface area (Å²) < 4.78 is 0. The molecule has 2 aromatic rings. The predicted octanol–water partition coefficient (Wildman–Crippen LogP) is 3.76. The van der Waals surface area contributed by atoms with Crippen LogP contribution in [0.3, 0.4) is 0 Å². The van der Waals surface area contributed by atoms with Crippen LogP contribution in [-0.4, -0.2) is 36.1 Å². The van der Waals surface area contributed by atoms with E-state index in [0.717, 1.165) is 19.0 Å². The molecule has 0 spiro atoms. The molecule has 1 aliphatic heterocycles. The molecule has 122 valence electrons. The van der Waals surface area contributed by atoms with Crippen molar-refractivity contribution in [2.24, 2.45) is 5.92 Å². The smallest absolute Gasteiger partial charge is 0.0457 e. The first-order valence-corrected chi connectivity index (χ1v) is 7.92. The van der Waals surface area contributed by atoms with Crippen LogP contribution in [0.4, 0.5) is 0 Å². The molecule has 5 heteroatoms. The molecule has 1 saturated heterocycles. The van der Waals surface area contributed by atoms with Gasteiger partial charge in [-0.3, -0.25) is 4.90 Å². The Bertz CT molecular complexity index is 588. The quantitative estimate of drug-likeness (QED) is 0.886. The summed E-state index contributed by atoms with van der Waals surface area (Å²) in [7, 11) is 0. The number of fused-ring (bicyclic) bond motifs is 1. The van der Waals surface area contributed by atoms with Crippen molar-refractivity contribution in [3.05, 3.63) is 36.0 Å².